The molecule has 0 spiro atoms. The number of fused-ring (bicyclic) bond motifs is 5. The monoisotopic (exact) mass is 597 g/mol. The molecule has 43 heavy (non-hydrogen) atoms. The molecular weight excluding hydrogens is 516 g/mol. The molecule has 0 N–H and O–H groups in total. The van der Waals surface area contributed by atoms with Crippen LogP contribution in [-0.4, -0.2) is 0 Å². The predicted molar refractivity (Wildman–Crippen MR) is 198 cm³/mol. The molecule has 252 valence electrons. The third-order valence-corrected chi connectivity index (χ3v) is 13.1. The molecule has 0 nitrogen and oxygen atoms in total. The molecular formula is C43H80. The van der Waals surface area contributed by atoms with Gasteiger partial charge in [0.2, 0.25) is 0 Å². The van der Waals surface area contributed by atoms with Gasteiger partial charge in [0.05, 0.1) is 0 Å². The summed E-state index contributed by atoms with van der Waals surface area (Å²) >= 11 is 0. The zero-order valence-electron chi connectivity index (χ0n) is 31.1. The molecule has 0 aromatic heterocycles. The van der Waals surface area contributed by atoms with Crippen LogP contribution in [0.4, 0.5) is 0 Å². The summed E-state index contributed by atoms with van der Waals surface area (Å²) in [6.07, 6.45) is 32.4. The molecule has 0 bridgehead atoms. The van der Waals surface area contributed by atoms with Crippen LogP contribution in [-0.2, 0) is 0 Å². The number of rotatable bonds is 14. The highest BCUT2D eigenvalue weighted by atomic mass is 14.6. The minimum atomic E-state index is 0.537. The van der Waals surface area contributed by atoms with Crippen LogP contribution in [0.15, 0.2) is 38.0 Å². The molecule has 3 saturated carbocycles. The van der Waals surface area contributed by atoms with Gasteiger partial charge >= 0.3 is 0 Å². The molecule has 4 aliphatic carbocycles. The maximum Gasteiger partial charge on any atom is -0.00851 e. The fourth-order valence-electron chi connectivity index (χ4n) is 10.6. The molecule has 4 rings (SSSR count). The van der Waals surface area contributed by atoms with E-state index in [-0.39, 0.29) is 0 Å². The average Bonchev–Trinajstić information content (AvgIpc) is 3.39. The number of hydrogen-bond acceptors (Lipinski definition) is 0. The molecule has 0 aromatic carbocycles. The second-order valence-corrected chi connectivity index (χ2v) is 15.5. The van der Waals surface area contributed by atoms with Gasteiger partial charge in [0.1, 0.15) is 0 Å². The van der Waals surface area contributed by atoms with Gasteiger partial charge in [-0.1, -0.05) is 144 Å². The Morgan fingerprint density at radius 2 is 1.28 bits per heavy atom. The van der Waals surface area contributed by atoms with Crippen molar-refractivity contribution in [2.45, 2.75) is 184 Å². The van der Waals surface area contributed by atoms with E-state index in [1.807, 2.05) is 19.4 Å². The molecule has 4 aliphatic rings. The lowest BCUT2D eigenvalue weighted by atomic mass is 9.46. The molecule has 0 saturated heterocycles. The highest BCUT2D eigenvalue weighted by Gasteiger charge is 2.59. The van der Waals surface area contributed by atoms with Gasteiger partial charge in [0, 0.05) is 0 Å². The third-order valence-electron chi connectivity index (χ3n) is 13.1. The Labute approximate surface area is 273 Å². The Bertz CT molecular complexity index is 743. The Kier molecular flexibility index (Phi) is 19.7. The zero-order chi connectivity index (χ0) is 32.5. The molecule has 0 aliphatic heterocycles. The largest absolute Gasteiger partial charge is 0.106 e. The Hall–Kier alpha value is -0.780. The van der Waals surface area contributed by atoms with Gasteiger partial charge < -0.3 is 0 Å². The lowest BCUT2D eigenvalue weighted by Crippen LogP contribution is -2.50. The first-order valence-electron chi connectivity index (χ1n) is 19.5. The van der Waals surface area contributed by atoms with Gasteiger partial charge in [0.15, 0.2) is 0 Å². The van der Waals surface area contributed by atoms with Crippen molar-refractivity contribution in [2.24, 2.45) is 52.3 Å². The van der Waals surface area contributed by atoms with Crippen LogP contribution >= 0.6 is 0 Å². The van der Waals surface area contributed by atoms with Gasteiger partial charge in [-0.2, -0.15) is 0 Å². The highest BCUT2D eigenvalue weighted by Crippen LogP contribution is 2.67. The van der Waals surface area contributed by atoms with E-state index in [0.29, 0.717) is 10.8 Å². The van der Waals surface area contributed by atoms with E-state index in [4.69, 9.17) is 0 Å². The van der Waals surface area contributed by atoms with Crippen LogP contribution < -0.4 is 0 Å². The fourth-order valence-corrected chi connectivity index (χ4v) is 10.6. The molecule has 0 amide bonds. The van der Waals surface area contributed by atoms with Crippen LogP contribution in [0.25, 0.3) is 0 Å². The van der Waals surface area contributed by atoms with E-state index >= 15 is 0 Å². The smallest absolute Gasteiger partial charge is 0.00851 e. The van der Waals surface area contributed by atoms with E-state index < -0.39 is 0 Å². The summed E-state index contributed by atoms with van der Waals surface area (Å²) in [5, 5.41) is 0. The Balaban J connectivity index is 0.00000145. The van der Waals surface area contributed by atoms with Crippen molar-refractivity contribution in [1.82, 2.24) is 0 Å². The lowest BCUT2D eigenvalue weighted by molar-refractivity contribution is -0.0538. The minimum absolute atomic E-state index is 0.537. The standard InChI is InChI=1S/C37H66.C2H6.2C2H4/c1-7-8-9-10-11-12-13-14-15-16-17-18-29(4)33-21-22-34-32-20-19-31-27-30(28(2)3)23-25-36(31,5)35(32)24-26-37(33,34)6;3*1-2/h19,28-30,32-35H,7-18,20-27H2,1-6H3;1-2H3;2*1-2H2/t29-,30+,32?,33-,34+,35+,36+,37-;;;/m1.../s1. The van der Waals surface area contributed by atoms with E-state index in [9.17, 15) is 0 Å². The molecule has 0 heterocycles. The summed E-state index contributed by atoms with van der Waals surface area (Å²) in [5.41, 5.74) is 3.06. The van der Waals surface area contributed by atoms with Crippen molar-refractivity contribution in [2.75, 3.05) is 0 Å². The summed E-state index contributed by atoms with van der Waals surface area (Å²) in [6.45, 7) is 31.4. The maximum absolute atomic E-state index is 3.00. The molecule has 8 atom stereocenters. The van der Waals surface area contributed by atoms with Crippen LogP contribution in [0.3, 0.4) is 0 Å². The van der Waals surface area contributed by atoms with Crippen molar-refractivity contribution in [3.63, 3.8) is 0 Å². The van der Waals surface area contributed by atoms with Gasteiger partial charge in [0.25, 0.3) is 0 Å². The third kappa shape index (κ3) is 10.4. The number of hydrogen-bond donors (Lipinski definition) is 0. The topological polar surface area (TPSA) is 0 Å². The second-order valence-electron chi connectivity index (χ2n) is 15.5. The van der Waals surface area contributed by atoms with Crippen LogP contribution in [0, 0.1) is 52.3 Å². The van der Waals surface area contributed by atoms with Crippen molar-refractivity contribution >= 4 is 0 Å². The van der Waals surface area contributed by atoms with E-state index in [1.165, 1.54) is 122 Å². The molecule has 1 unspecified atom stereocenters. The Morgan fingerprint density at radius 1 is 0.721 bits per heavy atom. The summed E-state index contributed by atoms with van der Waals surface area (Å²) in [7, 11) is 0. The predicted octanol–water partition coefficient (Wildman–Crippen LogP) is 14.8. The Morgan fingerprint density at radius 3 is 1.84 bits per heavy atom. The van der Waals surface area contributed by atoms with Crippen molar-refractivity contribution in [3.8, 4) is 0 Å². The first kappa shape index (κ1) is 40.2. The van der Waals surface area contributed by atoms with E-state index in [2.05, 4.69) is 73.9 Å². The first-order valence-corrected chi connectivity index (χ1v) is 19.5. The van der Waals surface area contributed by atoms with Gasteiger partial charge in [-0.3, -0.25) is 0 Å². The summed E-state index contributed by atoms with van der Waals surface area (Å²) in [6, 6.07) is 0. The molecule has 3 fully saturated rings. The highest BCUT2D eigenvalue weighted by molar-refractivity contribution is 5.25. The summed E-state index contributed by atoms with van der Waals surface area (Å²) in [5.74, 6) is 6.72. The number of allylic oxidation sites excluding steroid dienone is 2. The van der Waals surface area contributed by atoms with Crippen molar-refractivity contribution in [3.05, 3.63) is 38.0 Å². The van der Waals surface area contributed by atoms with E-state index in [1.54, 1.807) is 6.42 Å². The summed E-state index contributed by atoms with van der Waals surface area (Å²) < 4.78 is 0. The van der Waals surface area contributed by atoms with Gasteiger partial charge in [-0.25, -0.2) is 0 Å². The summed E-state index contributed by atoms with van der Waals surface area (Å²) in [4.78, 5) is 0. The van der Waals surface area contributed by atoms with Gasteiger partial charge in [-0.15, -0.1) is 26.3 Å². The van der Waals surface area contributed by atoms with Crippen LogP contribution in [0.5, 0.6) is 0 Å². The molecule has 0 radical (unpaired) electrons. The van der Waals surface area contributed by atoms with Gasteiger partial charge in [-0.05, 0) is 104 Å². The van der Waals surface area contributed by atoms with Crippen LogP contribution in [0.2, 0.25) is 0 Å². The first-order chi connectivity index (χ1) is 20.8. The lowest BCUT2D eigenvalue weighted by Gasteiger charge is -2.59. The van der Waals surface area contributed by atoms with Crippen LogP contribution in [0.1, 0.15) is 184 Å². The van der Waals surface area contributed by atoms with Crippen molar-refractivity contribution in [1.29, 1.82) is 0 Å². The average molecular weight is 597 g/mol. The fraction of sp³-hybridized carbons (Fsp3) is 0.860. The SMILES string of the molecule is C=C.C=C.CC.CCCCCCCCCCCCC[C@@H](C)[C@H]1CC[C@H]2C3CC=C4C[C@@H](C(C)C)CC[C@]4(C)[C@H]3CC[C@]12C. The maximum atomic E-state index is 3.00. The minimum Gasteiger partial charge on any atom is -0.106 e. The molecule has 0 heteroatoms. The molecule has 0 aromatic rings. The van der Waals surface area contributed by atoms with E-state index in [0.717, 1.165) is 41.4 Å². The normalized spacial score (nSPS) is 33.1. The number of unbranched alkanes of at least 4 members (excludes halogenated alkanes) is 10. The zero-order valence-corrected chi connectivity index (χ0v) is 31.1. The van der Waals surface area contributed by atoms with Crippen molar-refractivity contribution < 1.29 is 0 Å². The second kappa shape index (κ2) is 21.1. The quantitative estimate of drug-likeness (QED) is 0.138.